The van der Waals surface area contributed by atoms with Gasteiger partial charge in [0, 0.05) is 0 Å². The molecule has 24 heavy (non-hydrogen) atoms. The Hall–Kier alpha value is -0.300. The highest BCUT2D eigenvalue weighted by Crippen LogP contribution is 2.21. The van der Waals surface area contributed by atoms with Crippen LogP contribution in [0.25, 0.3) is 0 Å². The topological polar surface area (TPSA) is 0 Å². The predicted molar refractivity (Wildman–Crippen MR) is 112 cm³/mol. The van der Waals surface area contributed by atoms with Crippen molar-refractivity contribution in [1.82, 2.24) is 0 Å². The van der Waals surface area contributed by atoms with Crippen LogP contribution in [0.15, 0.2) is 10.8 Å². The van der Waals surface area contributed by atoms with Gasteiger partial charge in [0.25, 0.3) is 0 Å². The third-order valence-corrected chi connectivity index (χ3v) is 6.02. The average Bonchev–Trinajstić information content (AvgIpc) is 3.04. The lowest BCUT2D eigenvalue weighted by atomic mass is 10.00. The standard InChI is InChI=1S/C23H42S/c1-3-5-7-9-11-12-13-15-17-19-23-21-24-20-22(23)18-16-14-10-8-6-4-2/h20-21H,3-19H2,1-2H3. The lowest BCUT2D eigenvalue weighted by Crippen LogP contribution is -1.92. The summed E-state index contributed by atoms with van der Waals surface area (Å²) in [6.07, 6.45) is 24.0. The van der Waals surface area contributed by atoms with E-state index in [4.69, 9.17) is 0 Å². The van der Waals surface area contributed by atoms with Crippen LogP contribution in [0.4, 0.5) is 0 Å². The van der Waals surface area contributed by atoms with E-state index in [1.807, 2.05) is 11.3 Å². The molecule has 0 aliphatic rings. The van der Waals surface area contributed by atoms with Crippen molar-refractivity contribution in [3.63, 3.8) is 0 Å². The lowest BCUT2D eigenvalue weighted by Gasteiger charge is -2.05. The fourth-order valence-electron chi connectivity index (χ4n) is 3.51. The van der Waals surface area contributed by atoms with Gasteiger partial charge in [-0.25, -0.2) is 0 Å². The van der Waals surface area contributed by atoms with E-state index in [9.17, 15) is 0 Å². The van der Waals surface area contributed by atoms with E-state index >= 15 is 0 Å². The Morgan fingerprint density at radius 3 is 1.21 bits per heavy atom. The zero-order chi connectivity index (χ0) is 17.3. The van der Waals surface area contributed by atoms with Gasteiger partial charge in [0.05, 0.1) is 0 Å². The first kappa shape index (κ1) is 21.7. The Balaban J connectivity index is 2.00. The minimum Gasteiger partial charge on any atom is -0.152 e. The zero-order valence-electron chi connectivity index (χ0n) is 16.6. The number of rotatable bonds is 17. The van der Waals surface area contributed by atoms with Crippen molar-refractivity contribution < 1.29 is 0 Å². The van der Waals surface area contributed by atoms with Gasteiger partial charge < -0.3 is 0 Å². The monoisotopic (exact) mass is 350 g/mol. The molecule has 1 aromatic heterocycles. The molecule has 0 saturated carbocycles. The van der Waals surface area contributed by atoms with Crippen molar-refractivity contribution in [2.24, 2.45) is 0 Å². The van der Waals surface area contributed by atoms with Crippen LogP contribution in [-0.4, -0.2) is 0 Å². The van der Waals surface area contributed by atoms with E-state index in [1.54, 1.807) is 11.1 Å². The summed E-state index contributed by atoms with van der Waals surface area (Å²) in [6, 6.07) is 0. The molecule has 0 aliphatic heterocycles. The molecule has 0 unspecified atom stereocenters. The van der Waals surface area contributed by atoms with Crippen LogP contribution in [0.1, 0.15) is 121 Å². The molecule has 140 valence electrons. The minimum absolute atomic E-state index is 1.32. The molecule has 0 amide bonds. The Bertz CT molecular complexity index is 366. The highest BCUT2D eigenvalue weighted by Gasteiger charge is 2.04. The zero-order valence-corrected chi connectivity index (χ0v) is 17.4. The molecule has 0 aromatic carbocycles. The second-order valence-corrected chi connectivity index (χ2v) is 8.26. The maximum atomic E-state index is 2.41. The van der Waals surface area contributed by atoms with Gasteiger partial charge in [-0.1, -0.05) is 97.3 Å². The number of thiophene rings is 1. The molecule has 0 spiro atoms. The fraction of sp³-hybridized carbons (Fsp3) is 0.826. The van der Waals surface area contributed by atoms with Gasteiger partial charge >= 0.3 is 0 Å². The number of unbranched alkanes of at least 4 members (excludes halogenated alkanes) is 13. The first-order valence-electron chi connectivity index (χ1n) is 10.9. The van der Waals surface area contributed by atoms with E-state index in [0.717, 1.165) is 0 Å². The van der Waals surface area contributed by atoms with Crippen molar-refractivity contribution in [3.05, 3.63) is 21.9 Å². The van der Waals surface area contributed by atoms with E-state index in [1.165, 1.54) is 109 Å². The molecule has 0 bridgehead atoms. The van der Waals surface area contributed by atoms with Gasteiger partial charge in [0.1, 0.15) is 0 Å². The summed E-state index contributed by atoms with van der Waals surface area (Å²) in [5.74, 6) is 0. The largest absolute Gasteiger partial charge is 0.152 e. The summed E-state index contributed by atoms with van der Waals surface area (Å²) < 4.78 is 0. The molecule has 0 atom stereocenters. The molecule has 0 fully saturated rings. The Morgan fingerprint density at radius 1 is 0.500 bits per heavy atom. The summed E-state index contributed by atoms with van der Waals surface area (Å²) in [7, 11) is 0. The van der Waals surface area contributed by atoms with Gasteiger partial charge in [0.15, 0.2) is 0 Å². The molecule has 0 N–H and O–H groups in total. The second kappa shape index (κ2) is 16.2. The maximum absolute atomic E-state index is 2.41. The quantitative estimate of drug-likeness (QED) is 0.246. The smallest absolute Gasteiger partial charge is 0.00584 e. The highest BCUT2D eigenvalue weighted by molar-refractivity contribution is 7.08. The Kier molecular flexibility index (Phi) is 14.7. The fourth-order valence-corrected chi connectivity index (χ4v) is 4.45. The van der Waals surface area contributed by atoms with Crippen molar-refractivity contribution in [2.75, 3.05) is 0 Å². The third kappa shape index (κ3) is 11.3. The van der Waals surface area contributed by atoms with Crippen molar-refractivity contribution in [1.29, 1.82) is 0 Å². The minimum atomic E-state index is 1.32. The molecule has 1 heterocycles. The summed E-state index contributed by atoms with van der Waals surface area (Å²) in [5.41, 5.74) is 3.33. The summed E-state index contributed by atoms with van der Waals surface area (Å²) in [5, 5.41) is 4.83. The molecule has 0 saturated heterocycles. The molecule has 0 aliphatic carbocycles. The molecule has 1 rings (SSSR count). The summed E-state index contributed by atoms with van der Waals surface area (Å²) in [4.78, 5) is 0. The van der Waals surface area contributed by atoms with Crippen LogP contribution in [0.3, 0.4) is 0 Å². The highest BCUT2D eigenvalue weighted by atomic mass is 32.1. The average molecular weight is 351 g/mol. The maximum Gasteiger partial charge on any atom is -0.00584 e. The van der Waals surface area contributed by atoms with Crippen molar-refractivity contribution in [2.45, 2.75) is 123 Å². The van der Waals surface area contributed by atoms with Crippen LogP contribution in [0.2, 0.25) is 0 Å². The lowest BCUT2D eigenvalue weighted by molar-refractivity contribution is 0.564. The van der Waals surface area contributed by atoms with Gasteiger partial charge in [-0.05, 0) is 47.6 Å². The number of hydrogen-bond acceptors (Lipinski definition) is 1. The number of hydrogen-bond donors (Lipinski definition) is 0. The molecular weight excluding hydrogens is 308 g/mol. The number of aryl methyl sites for hydroxylation is 2. The van der Waals surface area contributed by atoms with Crippen LogP contribution < -0.4 is 0 Å². The first-order chi connectivity index (χ1) is 11.9. The van der Waals surface area contributed by atoms with Gasteiger partial charge in [-0.2, -0.15) is 11.3 Å². The molecule has 1 aromatic rings. The van der Waals surface area contributed by atoms with E-state index in [2.05, 4.69) is 24.6 Å². The van der Waals surface area contributed by atoms with Crippen LogP contribution >= 0.6 is 11.3 Å². The molecule has 0 nitrogen and oxygen atoms in total. The second-order valence-electron chi connectivity index (χ2n) is 7.52. The van der Waals surface area contributed by atoms with Gasteiger partial charge in [-0.3, -0.25) is 0 Å². The summed E-state index contributed by atoms with van der Waals surface area (Å²) >= 11 is 1.92. The molecule has 0 radical (unpaired) electrons. The third-order valence-electron chi connectivity index (χ3n) is 5.18. The van der Waals surface area contributed by atoms with Gasteiger partial charge in [-0.15, -0.1) is 0 Å². The first-order valence-corrected chi connectivity index (χ1v) is 11.9. The molecular formula is C23H42S. The van der Waals surface area contributed by atoms with Crippen LogP contribution in [0, 0.1) is 0 Å². The SMILES string of the molecule is CCCCCCCCCCCc1cscc1CCCCCCCC. The van der Waals surface area contributed by atoms with Crippen LogP contribution in [0.5, 0.6) is 0 Å². The summed E-state index contributed by atoms with van der Waals surface area (Å²) in [6.45, 7) is 4.59. The van der Waals surface area contributed by atoms with Crippen molar-refractivity contribution in [3.8, 4) is 0 Å². The van der Waals surface area contributed by atoms with Crippen molar-refractivity contribution >= 4 is 11.3 Å². The normalized spacial score (nSPS) is 11.2. The van der Waals surface area contributed by atoms with E-state index in [0.29, 0.717) is 0 Å². The van der Waals surface area contributed by atoms with E-state index in [-0.39, 0.29) is 0 Å². The Morgan fingerprint density at radius 2 is 0.833 bits per heavy atom. The molecule has 1 heteroatoms. The Labute approximate surface area is 156 Å². The van der Waals surface area contributed by atoms with E-state index < -0.39 is 0 Å². The van der Waals surface area contributed by atoms with Gasteiger partial charge in [0.2, 0.25) is 0 Å². The van der Waals surface area contributed by atoms with Crippen LogP contribution in [-0.2, 0) is 12.8 Å². The predicted octanol–water partition coefficient (Wildman–Crippen LogP) is 8.72.